The van der Waals surface area contributed by atoms with Gasteiger partial charge in [0, 0.05) is 22.4 Å². The molecule has 0 spiro atoms. The molecule has 1 unspecified atom stereocenters. The van der Waals surface area contributed by atoms with Crippen LogP contribution >= 0.6 is 11.3 Å². The first kappa shape index (κ1) is 26.7. The summed E-state index contributed by atoms with van der Waals surface area (Å²) in [6.07, 6.45) is 5.15. The summed E-state index contributed by atoms with van der Waals surface area (Å²) in [5.41, 5.74) is 10.9. The zero-order chi connectivity index (χ0) is 20.6. The van der Waals surface area contributed by atoms with E-state index in [1.807, 2.05) is 23.5 Å². The lowest BCUT2D eigenvalue weighted by Gasteiger charge is -2.35. The van der Waals surface area contributed by atoms with E-state index in [0.717, 1.165) is 50.8 Å². The topological polar surface area (TPSA) is 78.3 Å². The predicted octanol–water partition coefficient (Wildman–Crippen LogP) is 6.44. The maximum Gasteiger partial charge on any atom is 0.319 e. The minimum absolute atomic E-state index is 0. The molecule has 1 aromatic heterocycles. The molecule has 2 atom stereocenters. The fraction of sp³-hybridized carbons (Fsp3) is 0.542. The van der Waals surface area contributed by atoms with Crippen LogP contribution in [-0.2, 0) is 24.1 Å². The Hall–Kier alpha value is -2.34. The second-order valence-corrected chi connectivity index (χ2v) is 8.49. The first-order chi connectivity index (χ1) is 14.1. The summed E-state index contributed by atoms with van der Waals surface area (Å²) in [7, 11) is 0. The Bertz CT molecular complexity index is 862. The highest BCUT2D eigenvalue weighted by Gasteiger charge is 2.26. The first-order valence-corrected chi connectivity index (χ1v) is 11.1. The lowest BCUT2D eigenvalue weighted by molar-refractivity contribution is -0.135. The lowest BCUT2D eigenvalue weighted by Crippen LogP contribution is -2.41. The fourth-order valence-corrected chi connectivity index (χ4v) is 4.65. The van der Waals surface area contributed by atoms with Crippen LogP contribution in [0.2, 0.25) is 0 Å². The quantitative estimate of drug-likeness (QED) is 0.147. The highest BCUT2D eigenvalue weighted by Crippen LogP contribution is 2.32. The third kappa shape index (κ3) is 7.10. The van der Waals surface area contributed by atoms with E-state index < -0.39 is 12.0 Å². The van der Waals surface area contributed by atoms with Crippen LogP contribution in [0.4, 0.5) is 0 Å². The summed E-state index contributed by atoms with van der Waals surface area (Å²) in [4.78, 5) is 18.9. The Labute approximate surface area is 190 Å². The number of azide groups is 1. The van der Waals surface area contributed by atoms with E-state index in [-0.39, 0.29) is 14.9 Å². The molecule has 3 rings (SSSR count). The van der Waals surface area contributed by atoms with Crippen LogP contribution in [0.1, 0.15) is 57.5 Å². The number of hydrogen-bond donors (Lipinski definition) is 0. The Morgan fingerprint density at radius 2 is 2.13 bits per heavy atom. The highest BCUT2D eigenvalue weighted by atomic mass is 32.1. The maximum absolute atomic E-state index is 12.1. The van der Waals surface area contributed by atoms with E-state index in [9.17, 15) is 4.79 Å². The van der Waals surface area contributed by atoms with Gasteiger partial charge in [-0.2, -0.15) is 0 Å². The average molecular weight is 445 g/mol. The predicted molar refractivity (Wildman–Crippen MR) is 130 cm³/mol. The molecule has 1 aliphatic carbocycles. The van der Waals surface area contributed by atoms with Crippen molar-refractivity contribution in [2.75, 3.05) is 13.1 Å². The molecule has 0 saturated carbocycles. The average Bonchev–Trinajstić information content (AvgIpc) is 3.24. The largest absolute Gasteiger partial charge is 0.426 e. The number of fused-ring (bicyclic) bond motifs is 1. The van der Waals surface area contributed by atoms with Crippen LogP contribution in [0, 0.1) is 0 Å². The van der Waals surface area contributed by atoms with Gasteiger partial charge in [0.05, 0.1) is 0 Å². The van der Waals surface area contributed by atoms with E-state index in [4.69, 9.17) is 10.3 Å². The lowest BCUT2D eigenvalue weighted by atomic mass is 9.86. The van der Waals surface area contributed by atoms with Crippen LogP contribution in [-0.4, -0.2) is 36.0 Å². The zero-order valence-electron chi connectivity index (χ0n) is 17.1. The summed E-state index contributed by atoms with van der Waals surface area (Å²) in [5, 5.41) is 5.57. The van der Waals surface area contributed by atoms with E-state index in [0.29, 0.717) is 11.8 Å². The van der Waals surface area contributed by atoms with Crippen LogP contribution in [0.3, 0.4) is 0 Å². The van der Waals surface area contributed by atoms with Crippen LogP contribution in [0.25, 0.3) is 10.4 Å². The second-order valence-electron chi connectivity index (χ2n) is 7.46. The van der Waals surface area contributed by atoms with Crippen molar-refractivity contribution in [3.63, 3.8) is 0 Å². The van der Waals surface area contributed by atoms with Crippen LogP contribution < -0.4 is 4.74 Å². The van der Waals surface area contributed by atoms with Crippen molar-refractivity contribution in [1.82, 2.24) is 4.90 Å². The SMILES string of the molecule is C.C.CCCN(CCc1cccs1)[C@H]1CCc2c(cccc2OC(=O)C(C)N=[N+]=[N-])C1. The van der Waals surface area contributed by atoms with Crippen molar-refractivity contribution < 1.29 is 9.53 Å². The van der Waals surface area contributed by atoms with Crippen LogP contribution in [0.5, 0.6) is 5.75 Å². The molecule has 0 N–H and O–H groups in total. The molecular formula is C24H36N4O2S. The standard InChI is InChI=1S/C22H28N4O2S.2CH4/c1-3-12-26(13-11-19-7-5-14-29-19)18-9-10-20-17(15-18)6-4-8-21(20)28-22(27)16(2)24-25-23;;/h4-8,14,16,18H,3,9-13,15H2,1-2H3;2*1H4/t16?,18-;;/m0../s1. The summed E-state index contributed by atoms with van der Waals surface area (Å²) in [5.74, 6) is 0.0912. The number of rotatable bonds is 9. The van der Waals surface area contributed by atoms with Gasteiger partial charge < -0.3 is 4.74 Å². The Morgan fingerprint density at radius 3 is 2.81 bits per heavy atom. The fourth-order valence-electron chi connectivity index (χ4n) is 3.95. The van der Waals surface area contributed by atoms with Gasteiger partial charge in [0.15, 0.2) is 0 Å². The molecule has 1 aliphatic rings. The van der Waals surface area contributed by atoms with Gasteiger partial charge in [-0.15, -0.1) is 11.3 Å². The first-order valence-electron chi connectivity index (χ1n) is 10.3. The molecule has 170 valence electrons. The van der Waals surface area contributed by atoms with E-state index in [1.165, 1.54) is 10.4 Å². The molecule has 31 heavy (non-hydrogen) atoms. The van der Waals surface area contributed by atoms with Crippen molar-refractivity contribution in [2.45, 2.75) is 72.9 Å². The molecule has 0 amide bonds. The molecule has 2 aromatic rings. The second kappa shape index (κ2) is 13.2. The van der Waals surface area contributed by atoms with E-state index in [1.54, 1.807) is 6.92 Å². The number of carbonyl (C=O) groups excluding carboxylic acids is 1. The van der Waals surface area contributed by atoms with Gasteiger partial charge >= 0.3 is 5.97 Å². The van der Waals surface area contributed by atoms with Crippen molar-refractivity contribution in [3.8, 4) is 5.75 Å². The molecular weight excluding hydrogens is 408 g/mol. The van der Waals surface area contributed by atoms with E-state index in [2.05, 4.69) is 45.4 Å². The number of benzene rings is 1. The molecule has 0 fully saturated rings. The number of esters is 1. The summed E-state index contributed by atoms with van der Waals surface area (Å²) in [6, 6.07) is 9.92. The highest BCUT2D eigenvalue weighted by molar-refractivity contribution is 7.09. The van der Waals surface area contributed by atoms with Crippen molar-refractivity contribution >= 4 is 17.3 Å². The monoisotopic (exact) mass is 444 g/mol. The molecule has 0 radical (unpaired) electrons. The molecule has 1 aromatic carbocycles. The molecule has 0 aliphatic heterocycles. The van der Waals surface area contributed by atoms with Gasteiger partial charge in [-0.25, -0.2) is 0 Å². The minimum atomic E-state index is -0.829. The van der Waals surface area contributed by atoms with Crippen molar-refractivity contribution in [3.05, 3.63) is 62.2 Å². The number of nitrogens with zero attached hydrogens (tertiary/aromatic N) is 4. The maximum atomic E-state index is 12.1. The minimum Gasteiger partial charge on any atom is -0.426 e. The summed E-state index contributed by atoms with van der Waals surface area (Å²) < 4.78 is 5.55. The van der Waals surface area contributed by atoms with Crippen LogP contribution in [0.15, 0.2) is 40.8 Å². The van der Waals surface area contributed by atoms with Gasteiger partial charge in [0.1, 0.15) is 11.8 Å². The third-order valence-corrected chi connectivity index (χ3v) is 6.38. The number of hydrogen-bond acceptors (Lipinski definition) is 5. The number of ether oxygens (including phenoxy) is 1. The summed E-state index contributed by atoms with van der Waals surface area (Å²) >= 11 is 1.83. The number of carbonyl (C=O) groups is 1. The molecule has 7 heteroatoms. The zero-order valence-corrected chi connectivity index (χ0v) is 17.9. The van der Waals surface area contributed by atoms with Gasteiger partial charge in [-0.3, -0.25) is 9.69 Å². The Kier molecular flexibility index (Phi) is 11.3. The van der Waals surface area contributed by atoms with Gasteiger partial charge in [-0.05, 0) is 79.7 Å². The molecule has 0 saturated heterocycles. The van der Waals surface area contributed by atoms with Crippen molar-refractivity contribution in [2.24, 2.45) is 5.11 Å². The Morgan fingerprint density at radius 1 is 1.32 bits per heavy atom. The number of thiophene rings is 1. The van der Waals surface area contributed by atoms with Gasteiger partial charge in [-0.1, -0.05) is 45.1 Å². The normalized spacial score (nSPS) is 15.6. The third-order valence-electron chi connectivity index (χ3n) is 5.44. The van der Waals surface area contributed by atoms with Gasteiger partial charge in [0.25, 0.3) is 0 Å². The van der Waals surface area contributed by atoms with Crippen molar-refractivity contribution in [1.29, 1.82) is 0 Å². The van der Waals surface area contributed by atoms with E-state index >= 15 is 0 Å². The van der Waals surface area contributed by atoms with Gasteiger partial charge in [0.2, 0.25) is 0 Å². The molecule has 0 bridgehead atoms. The Balaban J connectivity index is 0.00000240. The molecule has 1 heterocycles. The smallest absolute Gasteiger partial charge is 0.319 e. The molecule has 6 nitrogen and oxygen atoms in total. The summed E-state index contributed by atoms with van der Waals surface area (Å²) in [6.45, 7) is 5.96.